The molecule has 100 valence electrons. The molecule has 3 fully saturated rings. The van der Waals surface area contributed by atoms with Crippen molar-refractivity contribution in [1.82, 2.24) is 9.80 Å². The maximum Gasteiger partial charge on any atom is 0.320 e. The molecule has 1 aliphatic heterocycles. The largest absolute Gasteiger partial charge is 0.323 e. The minimum atomic E-state index is 0.218. The first-order valence-electron chi connectivity index (χ1n) is 7.24. The number of hydrogen-bond acceptors (Lipinski definition) is 1. The van der Waals surface area contributed by atoms with E-state index < -0.39 is 0 Å². The van der Waals surface area contributed by atoms with Crippen LogP contribution in [0.25, 0.3) is 0 Å². The molecule has 0 unspecified atom stereocenters. The van der Waals surface area contributed by atoms with Gasteiger partial charge >= 0.3 is 6.03 Å². The van der Waals surface area contributed by atoms with E-state index in [1.165, 1.54) is 24.8 Å². The quantitative estimate of drug-likeness (QED) is 0.798. The van der Waals surface area contributed by atoms with Gasteiger partial charge in [-0.05, 0) is 37.2 Å². The number of likely N-dealkylation sites (N-methyl/N-ethyl adjacent to an activating group) is 1. The summed E-state index contributed by atoms with van der Waals surface area (Å²) in [5, 5.41) is 0. The number of urea groups is 1. The highest BCUT2D eigenvalue weighted by molar-refractivity contribution is 5.79. The van der Waals surface area contributed by atoms with E-state index in [1.54, 1.807) is 0 Å². The lowest BCUT2D eigenvalue weighted by Gasteiger charge is -2.26. The van der Waals surface area contributed by atoms with Crippen LogP contribution in [0.5, 0.6) is 0 Å². The van der Waals surface area contributed by atoms with E-state index in [1.807, 2.05) is 18.0 Å². The third-order valence-corrected chi connectivity index (χ3v) is 5.41. The summed E-state index contributed by atoms with van der Waals surface area (Å²) in [5.74, 6) is 0. The SMILES string of the molecule is C[C@H]1[C@@H](c2ccccc2)N([C@H]2CC23CC3)C(=O)N1C. The third-order valence-electron chi connectivity index (χ3n) is 5.41. The smallest absolute Gasteiger partial charge is 0.320 e. The number of rotatable bonds is 2. The van der Waals surface area contributed by atoms with Crippen LogP contribution in [0, 0.1) is 5.41 Å². The lowest BCUT2D eigenvalue weighted by molar-refractivity contribution is 0.185. The minimum absolute atomic E-state index is 0.218. The number of carbonyl (C=O) groups is 1. The molecule has 0 N–H and O–H groups in total. The van der Waals surface area contributed by atoms with Gasteiger partial charge in [0.05, 0.1) is 12.1 Å². The Kier molecular flexibility index (Phi) is 2.10. The Morgan fingerprint density at radius 2 is 1.89 bits per heavy atom. The average Bonchev–Trinajstić information content (AvgIpc) is 3.34. The van der Waals surface area contributed by atoms with Gasteiger partial charge in [0.2, 0.25) is 0 Å². The first-order chi connectivity index (χ1) is 9.14. The molecule has 1 aromatic carbocycles. The summed E-state index contributed by atoms with van der Waals surface area (Å²) in [6.07, 6.45) is 3.87. The van der Waals surface area contributed by atoms with Gasteiger partial charge in [-0.2, -0.15) is 0 Å². The van der Waals surface area contributed by atoms with E-state index in [4.69, 9.17) is 0 Å². The molecule has 0 bridgehead atoms. The highest BCUT2D eigenvalue weighted by Gasteiger charge is 2.68. The molecule has 1 spiro atoms. The second-order valence-electron chi connectivity index (χ2n) is 6.48. The van der Waals surface area contributed by atoms with E-state index in [-0.39, 0.29) is 18.1 Å². The Hall–Kier alpha value is -1.51. The normalized spacial score (nSPS) is 35.1. The van der Waals surface area contributed by atoms with Crippen LogP contribution >= 0.6 is 0 Å². The van der Waals surface area contributed by atoms with Crippen LogP contribution in [-0.4, -0.2) is 35.0 Å². The Morgan fingerprint density at radius 3 is 2.47 bits per heavy atom. The van der Waals surface area contributed by atoms with Crippen molar-refractivity contribution in [3.8, 4) is 0 Å². The molecular formula is C16H20N2O. The van der Waals surface area contributed by atoms with Gasteiger partial charge < -0.3 is 9.80 Å². The van der Waals surface area contributed by atoms with Crippen LogP contribution in [0.15, 0.2) is 30.3 Å². The fourth-order valence-corrected chi connectivity index (χ4v) is 3.75. The standard InChI is InChI=1S/C16H20N2O/c1-11-14(12-6-4-3-5-7-12)18(15(19)17(11)2)13-10-16(13)8-9-16/h3-7,11,13-14H,8-10H2,1-2H3/t11-,13-,14-/m0/s1. The topological polar surface area (TPSA) is 23.6 Å². The van der Waals surface area contributed by atoms with Gasteiger partial charge in [-0.1, -0.05) is 30.3 Å². The van der Waals surface area contributed by atoms with Crippen molar-refractivity contribution in [2.45, 2.75) is 44.3 Å². The molecule has 2 aliphatic carbocycles. The molecule has 3 aliphatic rings. The van der Waals surface area contributed by atoms with Gasteiger partial charge in [-0.25, -0.2) is 4.79 Å². The molecular weight excluding hydrogens is 236 g/mol. The Balaban J connectivity index is 1.71. The first kappa shape index (κ1) is 11.3. The number of nitrogens with zero attached hydrogens (tertiary/aromatic N) is 2. The molecule has 0 aromatic heterocycles. The van der Waals surface area contributed by atoms with Crippen LogP contribution < -0.4 is 0 Å². The van der Waals surface area contributed by atoms with Crippen LogP contribution in [-0.2, 0) is 0 Å². The predicted octanol–water partition coefficient (Wildman–Crippen LogP) is 3.04. The van der Waals surface area contributed by atoms with Crippen LogP contribution in [0.1, 0.15) is 37.8 Å². The number of amides is 2. The summed E-state index contributed by atoms with van der Waals surface area (Å²) < 4.78 is 0. The fraction of sp³-hybridized carbons (Fsp3) is 0.562. The molecule has 1 aromatic rings. The predicted molar refractivity (Wildman–Crippen MR) is 73.7 cm³/mol. The molecule has 1 saturated heterocycles. The summed E-state index contributed by atoms with van der Waals surface area (Å²) >= 11 is 0. The fourth-order valence-electron chi connectivity index (χ4n) is 3.75. The zero-order chi connectivity index (χ0) is 13.2. The maximum atomic E-state index is 12.5. The molecule has 3 heteroatoms. The number of benzene rings is 1. The molecule has 1 heterocycles. The third kappa shape index (κ3) is 1.47. The van der Waals surface area contributed by atoms with Gasteiger partial charge in [-0.3, -0.25) is 0 Å². The van der Waals surface area contributed by atoms with Crippen LogP contribution in [0.4, 0.5) is 4.79 Å². The molecule has 4 rings (SSSR count). The van der Waals surface area contributed by atoms with Crippen molar-refractivity contribution >= 4 is 6.03 Å². The van der Waals surface area contributed by atoms with Gasteiger partial charge in [0.25, 0.3) is 0 Å². The number of hydrogen-bond donors (Lipinski definition) is 0. The summed E-state index contributed by atoms with van der Waals surface area (Å²) in [5.41, 5.74) is 1.79. The highest BCUT2D eigenvalue weighted by atomic mass is 16.2. The highest BCUT2D eigenvalue weighted by Crippen LogP contribution is 2.69. The molecule has 3 nitrogen and oxygen atoms in total. The lowest BCUT2D eigenvalue weighted by Crippen LogP contribution is -2.33. The van der Waals surface area contributed by atoms with Gasteiger partial charge in [0.15, 0.2) is 0 Å². The zero-order valence-electron chi connectivity index (χ0n) is 11.5. The maximum absolute atomic E-state index is 12.5. The van der Waals surface area contributed by atoms with Gasteiger partial charge in [0.1, 0.15) is 0 Å². The Bertz CT molecular complexity index is 523. The molecule has 2 saturated carbocycles. The average molecular weight is 256 g/mol. The van der Waals surface area contributed by atoms with Crippen LogP contribution in [0.2, 0.25) is 0 Å². The van der Waals surface area contributed by atoms with Crippen molar-refractivity contribution in [2.75, 3.05) is 7.05 Å². The summed E-state index contributed by atoms with van der Waals surface area (Å²) in [7, 11) is 1.94. The lowest BCUT2D eigenvalue weighted by atomic mass is 10.00. The van der Waals surface area contributed by atoms with Crippen molar-refractivity contribution in [1.29, 1.82) is 0 Å². The van der Waals surface area contributed by atoms with Gasteiger partial charge in [-0.15, -0.1) is 0 Å². The van der Waals surface area contributed by atoms with Crippen molar-refractivity contribution in [2.24, 2.45) is 5.41 Å². The Labute approximate surface area is 114 Å². The second-order valence-corrected chi connectivity index (χ2v) is 6.48. The summed E-state index contributed by atoms with van der Waals surface area (Å²) in [6, 6.07) is 11.7. The Morgan fingerprint density at radius 1 is 1.21 bits per heavy atom. The van der Waals surface area contributed by atoms with Gasteiger partial charge in [0, 0.05) is 13.1 Å². The van der Waals surface area contributed by atoms with E-state index in [2.05, 4.69) is 36.1 Å². The monoisotopic (exact) mass is 256 g/mol. The van der Waals surface area contributed by atoms with E-state index >= 15 is 0 Å². The van der Waals surface area contributed by atoms with Crippen molar-refractivity contribution in [3.05, 3.63) is 35.9 Å². The summed E-state index contributed by atoms with van der Waals surface area (Å²) in [4.78, 5) is 16.6. The van der Waals surface area contributed by atoms with Crippen LogP contribution in [0.3, 0.4) is 0 Å². The molecule has 3 atom stereocenters. The summed E-state index contributed by atoms with van der Waals surface area (Å²) in [6.45, 7) is 2.16. The van der Waals surface area contributed by atoms with Crippen molar-refractivity contribution < 1.29 is 4.79 Å². The molecule has 2 amide bonds. The van der Waals surface area contributed by atoms with E-state index in [9.17, 15) is 4.79 Å². The molecule has 19 heavy (non-hydrogen) atoms. The minimum Gasteiger partial charge on any atom is -0.323 e. The van der Waals surface area contributed by atoms with E-state index in [0.29, 0.717) is 11.5 Å². The second kappa shape index (κ2) is 3.53. The van der Waals surface area contributed by atoms with E-state index in [0.717, 1.165) is 0 Å². The van der Waals surface area contributed by atoms with Crippen molar-refractivity contribution in [3.63, 3.8) is 0 Å². The number of carbonyl (C=O) groups excluding carboxylic acids is 1. The molecule has 0 radical (unpaired) electrons. The first-order valence-corrected chi connectivity index (χ1v) is 7.24. The zero-order valence-corrected chi connectivity index (χ0v) is 11.5.